The quantitative estimate of drug-likeness (QED) is 0.802. The Balaban J connectivity index is 1.55. The highest BCUT2D eigenvalue weighted by molar-refractivity contribution is 9.10. The molecule has 0 aromatic heterocycles. The number of amides is 2. The molecule has 2 amide bonds. The van der Waals surface area contributed by atoms with Crippen molar-refractivity contribution in [1.29, 1.82) is 0 Å². The lowest BCUT2D eigenvalue weighted by atomic mass is 10.1. The summed E-state index contributed by atoms with van der Waals surface area (Å²) in [5.41, 5.74) is 2.00. The molecule has 1 N–H and O–H groups in total. The van der Waals surface area contributed by atoms with Crippen molar-refractivity contribution in [2.24, 2.45) is 5.92 Å². The lowest BCUT2D eigenvalue weighted by molar-refractivity contribution is -0.132. The van der Waals surface area contributed by atoms with Gasteiger partial charge in [0, 0.05) is 23.2 Å². The van der Waals surface area contributed by atoms with Crippen LogP contribution in [-0.2, 0) is 16.0 Å². The van der Waals surface area contributed by atoms with Gasteiger partial charge < -0.3 is 10.2 Å². The van der Waals surface area contributed by atoms with Crippen LogP contribution in [0, 0.1) is 5.92 Å². The van der Waals surface area contributed by atoms with Crippen LogP contribution in [0.4, 0.5) is 5.69 Å². The normalized spacial score (nSPS) is 17.1. The molecule has 2 aromatic rings. The summed E-state index contributed by atoms with van der Waals surface area (Å²) in [4.78, 5) is 26.6. The molecular weight excluding hydrogens is 368 g/mol. The molecule has 5 heteroatoms. The summed E-state index contributed by atoms with van der Waals surface area (Å²) in [7, 11) is 0. The smallest absolute Gasteiger partial charge is 0.239 e. The van der Waals surface area contributed by atoms with E-state index in [0.717, 1.165) is 16.6 Å². The molecule has 4 nitrogen and oxygen atoms in total. The summed E-state index contributed by atoms with van der Waals surface area (Å²) in [6.07, 6.45) is 1.32. The van der Waals surface area contributed by atoms with E-state index in [4.69, 9.17) is 0 Å². The van der Waals surface area contributed by atoms with E-state index in [-0.39, 0.29) is 11.8 Å². The lowest BCUT2D eigenvalue weighted by Crippen LogP contribution is -2.37. The molecule has 0 saturated carbocycles. The van der Waals surface area contributed by atoms with Crippen LogP contribution in [0.3, 0.4) is 0 Å². The summed E-state index contributed by atoms with van der Waals surface area (Å²) in [5.74, 6) is -0.876. The molecule has 1 saturated heterocycles. The Bertz CT molecular complexity index is 733. The molecule has 0 aliphatic carbocycles. The Morgan fingerprint density at radius 1 is 1.17 bits per heavy atom. The maximum atomic E-state index is 12.5. The van der Waals surface area contributed by atoms with E-state index in [2.05, 4.69) is 21.2 Å². The molecule has 1 atom stereocenters. The van der Waals surface area contributed by atoms with Crippen LogP contribution in [0.15, 0.2) is 59.1 Å². The summed E-state index contributed by atoms with van der Waals surface area (Å²) >= 11 is 3.41. The Kier molecular flexibility index (Phi) is 5.30. The van der Waals surface area contributed by atoms with Crippen LogP contribution >= 0.6 is 15.9 Å². The minimum Gasteiger partial charge on any atom is -0.355 e. The van der Waals surface area contributed by atoms with Crippen molar-refractivity contribution in [3.05, 3.63) is 64.6 Å². The van der Waals surface area contributed by atoms with Crippen LogP contribution < -0.4 is 10.2 Å². The fraction of sp³-hybridized carbons (Fsp3) is 0.263. The Hall–Kier alpha value is -2.14. The third-order valence-corrected chi connectivity index (χ3v) is 4.69. The SMILES string of the molecule is O=C(NCCc1ccccc1)C1CCN(c2cccc(Br)c2)C1=O. The molecule has 2 aromatic carbocycles. The fourth-order valence-electron chi connectivity index (χ4n) is 2.92. The number of hydrogen-bond donors (Lipinski definition) is 1. The van der Waals surface area contributed by atoms with Gasteiger partial charge in [-0.15, -0.1) is 0 Å². The highest BCUT2D eigenvalue weighted by atomic mass is 79.9. The van der Waals surface area contributed by atoms with Crippen molar-refractivity contribution in [3.8, 4) is 0 Å². The maximum Gasteiger partial charge on any atom is 0.239 e. The van der Waals surface area contributed by atoms with Crippen molar-refractivity contribution in [3.63, 3.8) is 0 Å². The summed E-state index contributed by atoms with van der Waals surface area (Å²) in [5, 5.41) is 2.89. The molecule has 0 bridgehead atoms. The number of nitrogens with one attached hydrogen (secondary N) is 1. The lowest BCUT2D eigenvalue weighted by Gasteiger charge is -2.17. The van der Waals surface area contributed by atoms with E-state index < -0.39 is 5.92 Å². The predicted octanol–water partition coefficient (Wildman–Crippen LogP) is 3.16. The Morgan fingerprint density at radius 2 is 1.96 bits per heavy atom. The van der Waals surface area contributed by atoms with Gasteiger partial charge >= 0.3 is 0 Å². The van der Waals surface area contributed by atoms with Crippen LogP contribution in [0.5, 0.6) is 0 Å². The first kappa shape index (κ1) is 16.7. The van der Waals surface area contributed by atoms with E-state index >= 15 is 0 Å². The van der Waals surface area contributed by atoms with E-state index in [9.17, 15) is 9.59 Å². The number of nitrogens with zero attached hydrogens (tertiary/aromatic N) is 1. The van der Waals surface area contributed by atoms with E-state index in [1.807, 2.05) is 54.6 Å². The summed E-state index contributed by atoms with van der Waals surface area (Å²) in [6, 6.07) is 17.6. The average Bonchev–Trinajstić information content (AvgIpc) is 2.97. The van der Waals surface area contributed by atoms with Crippen LogP contribution in [0.1, 0.15) is 12.0 Å². The first-order chi connectivity index (χ1) is 11.6. The number of rotatable bonds is 5. The first-order valence-corrected chi connectivity index (χ1v) is 8.83. The van der Waals surface area contributed by atoms with Crippen molar-refractivity contribution in [2.75, 3.05) is 18.0 Å². The van der Waals surface area contributed by atoms with Gasteiger partial charge in [0.25, 0.3) is 0 Å². The number of carbonyl (C=O) groups excluding carboxylic acids is 2. The van der Waals surface area contributed by atoms with E-state index in [1.54, 1.807) is 4.90 Å². The molecule has 3 rings (SSSR count). The van der Waals surface area contributed by atoms with E-state index in [1.165, 1.54) is 5.56 Å². The van der Waals surface area contributed by atoms with Crippen LogP contribution in [-0.4, -0.2) is 24.9 Å². The second-order valence-electron chi connectivity index (χ2n) is 5.84. The second-order valence-corrected chi connectivity index (χ2v) is 6.75. The summed E-state index contributed by atoms with van der Waals surface area (Å²) < 4.78 is 0.920. The molecule has 1 aliphatic heterocycles. The van der Waals surface area contributed by atoms with Gasteiger partial charge in [0.2, 0.25) is 11.8 Å². The third kappa shape index (κ3) is 3.85. The highest BCUT2D eigenvalue weighted by Crippen LogP contribution is 2.27. The highest BCUT2D eigenvalue weighted by Gasteiger charge is 2.37. The number of benzene rings is 2. The van der Waals surface area contributed by atoms with E-state index in [0.29, 0.717) is 19.5 Å². The maximum absolute atomic E-state index is 12.5. The largest absolute Gasteiger partial charge is 0.355 e. The zero-order chi connectivity index (χ0) is 16.9. The second kappa shape index (κ2) is 7.62. The number of hydrogen-bond acceptors (Lipinski definition) is 2. The number of anilines is 1. The minimum absolute atomic E-state index is 0.120. The van der Waals surface area contributed by atoms with Gasteiger partial charge in [0.1, 0.15) is 5.92 Å². The monoisotopic (exact) mass is 386 g/mol. The van der Waals surface area contributed by atoms with Crippen molar-refractivity contribution >= 4 is 33.4 Å². The van der Waals surface area contributed by atoms with Gasteiger partial charge in [0.15, 0.2) is 0 Å². The molecule has 24 heavy (non-hydrogen) atoms. The molecule has 124 valence electrons. The summed E-state index contributed by atoms with van der Waals surface area (Å²) in [6.45, 7) is 1.12. The van der Waals surface area contributed by atoms with Gasteiger partial charge in [-0.3, -0.25) is 9.59 Å². The van der Waals surface area contributed by atoms with Crippen molar-refractivity contribution < 1.29 is 9.59 Å². The molecule has 0 radical (unpaired) electrons. The molecular formula is C19H19BrN2O2. The zero-order valence-electron chi connectivity index (χ0n) is 13.2. The minimum atomic E-state index is -0.584. The van der Waals surface area contributed by atoms with Crippen LogP contribution in [0.25, 0.3) is 0 Å². The van der Waals surface area contributed by atoms with Crippen LogP contribution in [0.2, 0.25) is 0 Å². The number of carbonyl (C=O) groups is 2. The van der Waals surface area contributed by atoms with Crippen molar-refractivity contribution in [2.45, 2.75) is 12.8 Å². The van der Waals surface area contributed by atoms with Gasteiger partial charge in [-0.2, -0.15) is 0 Å². The fourth-order valence-corrected chi connectivity index (χ4v) is 3.31. The average molecular weight is 387 g/mol. The zero-order valence-corrected chi connectivity index (χ0v) is 14.8. The van der Waals surface area contributed by atoms with Gasteiger partial charge in [0.05, 0.1) is 0 Å². The third-order valence-electron chi connectivity index (χ3n) is 4.20. The molecule has 1 aliphatic rings. The van der Waals surface area contributed by atoms with Gasteiger partial charge in [-0.05, 0) is 36.6 Å². The topological polar surface area (TPSA) is 49.4 Å². The Labute approximate surface area is 150 Å². The van der Waals surface area contributed by atoms with Crippen molar-refractivity contribution in [1.82, 2.24) is 5.32 Å². The first-order valence-electron chi connectivity index (χ1n) is 8.04. The molecule has 1 fully saturated rings. The van der Waals surface area contributed by atoms with Gasteiger partial charge in [-0.1, -0.05) is 52.3 Å². The molecule has 1 heterocycles. The standard InChI is InChI=1S/C19H19BrN2O2/c20-15-7-4-8-16(13-15)22-12-10-17(19(22)24)18(23)21-11-9-14-5-2-1-3-6-14/h1-8,13,17H,9-12H2,(H,21,23). The Morgan fingerprint density at radius 3 is 2.71 bits per heavy atom. The predicted molar refractivity (Wildman–Crippen MR) is 97.8 cm³/mol. The number of halogens is 1. The molecule has 0 spiro atoms. The molecule has 1 unspecified atom stereocenters. The van der Waals surface area contributed by atoms with Gasteiger partial charge in [-0.25, -0.2) is 0 Å².